The number of carbonyl (C=O) groups is 2. The largest absolute Gasteiger partial charge is 0.480 e. The maximum atomic E-state index is 10.9. The zero-order chi connectivity index (χ0) is 21.4. The van der Waals surface area contributed by atoms with E-state index in [1.165, 1.54) is 0 Å². The molecule has 7 heteroatoms. The van der Waals surface area contributed by atoms with Gasteiger partial charge in [0, 0.05) is 0 Å². The summed E-state index contributed by atoms with van der Waals surface area (Å²) < 4.78 is 0. The fourth-order valence-corrected chi connectivity index (χ4v) is 5.27. The van der Waals surface area contributed by atoms with Gasteiger partial charge in [0.15, 0.2) is 0 Å². The van der Waals surface area contributed by atoms with Crippen molar-refractivity contribution in [1.82, 2.24) is 0 Å². The molecule has 2 rings (SSSR count). The normalized spacial score (nSPS) is 20.6. The van der Waals surface area contributed by atoms with Crippen LogP contribution in [0, 0.1) is 0 Å². The predicted octanol–water partition coefficient (Wildman–Crippen LogP) is 3.02. The molecule has 0 radical (unpaired) electrons. The topological polar surface area (TPSA) is 127 Å². The van der Waals surface area contributed by atoms with E-state index >= 15 is 0 Å². The van der Waals surface area contributed by atoms with E-state index in [1.54, 1.807) is 0 Å². The lowest BCUT2D eigenvalue weighted by atomic mass is 9.92. The minimum Gasteiger partial charge on any atom is -0.480 e. The van der Waals surface area contributed by atoms with E-state index < -0.39 is 32.1 Å². The summed E-state index contributed by atoms with van der Waals surface area (Å²) in [5.74, 6) is -1.86. The first kappa shape index (κ1) is 23.8. The van der Waals surface area contributed by atoms with Gasteiger partial charge in [0.1, 0.15) is 12.1 Å². The van der Waals surface area contributed by atoms with Gasteiger partial charge in [-0.05, 0) is 29.9 Å². The van der Waals surface area contributed by atoms with E-state index in [9.17, 15) is 9.59 Å². The molecule has 28 heavy (non-hydrogen) atoms. The minimum atomic E-state index is -1.50. The van der Waals surface area contributed by atoms with Crippen molar-refractivity contribution in [3.8, 4) is 0 Å². The van der Waals surface area contributed by atoms with Crippen LogP contribution in [0.3, 0.4) is 0 Å². The van der Waals surface area contributed by atoms with E-state index in [1.807, 2.05) is 42.5 Å². The Labute approximate surface area is 167 Å². The van der Waals surface area contributed by atoms with Gasteiger partial charge < -0.3 is 21.7 Å². The monoisotopic (exact) mass is 404 g/mol. The number of rotatable bonds is 7. The van der Waals surface area contributed by atoms with Gasteiger partial charge in [-0.3, -0.25) is 9.59 Å². The van der Waals surface area contributed by atoms with Crippen molar-refractivity contribution in [3.05, 3.63) is 60.2 Å². The molecule has 154 valence electrons. The van der Waals surface area contributed by atoms with Crippen LogP contribution in [0.25, 0.3) is 0 Å². The Morgan fingerprint density at radius 3 is 2.04 bits per heavy atom. The van der Waals surface area contributed by atoms with E-state index in [4.69, 9.17) is 21.7 Å². The summed E-state index contributed by atoms with van der Waals surface area (Å²) in [5.41, 5.74) is 12.0. The third-order valence-corrected chi connectivity index (χ3v) is 8.72. The summed E-state index contributed by atoms with van der Waals surface area (Å²) >= 11 is 0. The van der Waals surface area contributed by atoms with Crippen LogP contribution in [0.15, 0.2) is 54.6 Å². The molecule has 3 atom stereocenters. The highest BCUT2D eigenvalue weighted by molar-refractivity contribution is 6.79. The van der Waals surface area contributed by atoms with Crippen molar-refractivity contribution in [2.24, 2.45) is 11.5 Å². The lowest BCUT2D eigenvalue weighted by Gasteiger charge is -2.43. The Balaban J connectivity index is 0.000000292. The molecule has 0 saturated heterocycles. The summed E-state index contributed by atoms with van der Waals surface area (Å²) in [6, 6.07) is 7.78. The van der Waals surface area contributed by atoms with Crippen LogP contribution in [0.1, 0.15) is 18.4 Å². The molecular weight excluding hydrogens is 372 g/mol. The van der Waals surface area contributed by atoms with Gasteiger partial charge in [0.05, 0.1) is 8.07 Å². The Morgan fingerprint density at radius 2 is 1.61 bits per heavy atom. The van der Waals surface area contributed by atoms with Crippen molar-refractivity contribution < 1.29 is 19.8 Å². The number of carboxylic acids is 2. The number of carboxylic acid groups (broad SMARTS) is 2. The standard InChI is InChI=1S/C12H21NO2Si.C9H11NO2/c1-16(2,3)12(7-5-4-6-8-12)9-10(13)11(14)15;10-8(9(11)12)6-7-4-2-1-3-5-7/h4-7,10H,8-9,13H2,1-3H3,(H,14,15);1-5,8H,6,10H2,(H,11,12)/t10-,12?;8-/m00/s1. The number of hydrogen-bond acceptors (Lipinski definition) is 4. The first-order valence-electron chi connectivity index (χ1n) is 9.33. The highest BCUT2D eigenvalue weighted by Gasteiger charge is 2.42. The van der Waals surface area contributed by atoms with E-state index in [-0.39, 0.29) is 5.04 Å². The molecule has 6 N–H and O–H groups in total. The molecule has 1 aromatic carbocycles. The van der Waals surface area contributed by atoms with Crippen LogP contribution in [-0.4, -0.2) is 42.3 Å². The quantitative estimate of drug-likeness (QED) is 0.517. The zero-order valence-electron chi connectivity index (χ0n) is 16.8. The molecule has 0 bridgehead atoms. The third kappa shape index (κ3) is 7.07. The Bertz CT molecular complexity index is 713. The third-order valence-electron chi connectivity index (χ3n) is 5.16. The molecule has 6 nitrogen and oxygen atoms in total. The second-order valence-electron chi connectivity index (χ2n) is 8.18. The number of hydrogen-bond donors (Lipinski definition) is 4. The second kappa shape index (κ2) is 10.4. The zero-order valence-corrected chi connectivity index (χ0v) is 17.8. The lowest BCUT2D eigenvalue weighted by molar-refractivity contribution is -0.139. The van der Waals surface area contributed by atoms with Crippen LogP contribution in [-0.2, 0) is 16.0 Å². The summed E-state index contributed by atoms with van der Waals surface area (Å²) in [4.78, 5) is 21.3. The van der Waals surface area contributed by atoms with Crippen molar-refractivity contribution >= 4 is 20.0 Å². The summed E-state index contributed by atoms with van der Waals surface area (Å²) in [5, 5.41) is 17.4. The van der Waals surface area contributed by atoms with Gasteiger partial charge in [0.2, 0.25) is 0 Å². The maximum Gasteiger partial charge on any atom is 0.320 e. The van der Waals surface area contributed by atoms with Gasteiger partial charge in [0.25, 0.3) is 0 Å². The average molecular weight is 405 g/mol. The maximum absolute atomic E-state index is 10.9. The molecular formula is C21H32N2O4Si. The van der Waals surface area contributed by atoms with E-state index in [0.717, 1.165) is 12.0 Å². The van der Waals surface area contributed by atoms with Crippen molar-refractivity contribution in [3.63, 3.8) is 0 Å². The summed E-state index contributed by atoms with van der Waals surface area (Å²) in [7, 11) is -1.50. The van der Waals surface area contributed by atoms with Crippen LogP contribution in [0.4, 0.5) is 0 Å². The van der Waals surface area contributed by atoms with Crippen LogP contribution < -0.4 is 11.5 Å². The van der Waals surface area contributed by atoms with Gasteiger partial charge in [-0.1, -0.05) is 74.3 Å². The molecule has 0 saturated carbocycles. The van der Waals surface area contributed by atoms with Crippen molar-refractivity contribution in [2.45, 2.75) is 56.0 Å². The first-order valence-corrected chi connectivity index (χ1v) is 12.8. The van der Waals surface area contributed by atoms with Crippen LogP contribution in [0.5, 0.6) is 0 Å². The van der Waals surface area contributed by atoms with Gasteiger partial charge in [-0.25, -0.2) is 0 Å². The lowest BCUT2D eigenvalue weighted by Crippen LogP contribution is -2.44. The Hall–Kier alpha value is -2.22. The van der Waals surface area contributed by atoms with E-state index in [2.05, 4.69) is 31.8 Å². The molecule has 0 spiro atoms. The molecule has 0 heterocycles. The molecule has 1 aromatic rings. The molecule has 1 aliphatic carbocycles. The number of allylic oxidation sites excluding steroid dienone is 4. The second-order valence-corrected chi connectivity index (χ2v) is 13.7. The minimum absolute atomic E-state index is 0.0143. The molecule has 1 unspecified atom stereocenters. The summed E-state index contributed by atoms with van der Waals surface area (Å²) in [6.07, 6.45) is 10.2. The number of nitrogens with two attached hydrogens (primary N) is 2. The predicted molar refractivity (Wildman–Crippen MR) is 115 cm³/mol. The van der Waals surface area contributed by atoms with Gasteiger partial charge >= 0.3 is 11.9 Å². The van der Waals surface area contributed by atoms with Crippen LogP contribution in [0.2, 0.25) is 24.7 Å². The SMILES string of the molecule is C[Si](C)(C)C1(C[C@H](N)C(=O)O)C=CC=CC1.N[C@@H](Cc1ccccc1)C(=O)O. The number of aliphatic carboxylic acids is 2. The Morgan fingerprint density at radius 1 is 1.04 bits per heavy atom. The molecule has 0 amide bonds. The fourth-order valence-electron chi connectivity index (χ4n) is 3.11. The highest BCUT2D eigenvalue weighted by Crippen LogP contribution is 2.48. The van der Waals surface area contributed by atoms with Gasteiger partial charge in [-0.15, -0.1) is 0 Å². The van der Waals surface area contributed by atoms with E-state index in [0.29, 0.717) is 12.8 Å². The van der Waals surface area contributed by atoms with Gasteiger partial charge in [-0.2, -0.15) is 0 Å². The molecule has 0 aliphatic heterocycles. The molecule has 1 aliphatic rings. The fraction of sp³-hybridized carbons (Fsp3) is 0.429. The van der Waals surface area contributed by atoms with Crippen molar-refractivity contribution in [1.29, 1.82) is 0 Å². The first-order chi connectivity index (χ1) is 13.0. The highest BCUT2D eigenvalue weighted by atomic mass is 28.3. The smallest absolute Gasteiger partial charge is 0.320 e. The molecule has 0 aromatic heterocycles. The van der Waals surface area contributed by atoms with Crippen molar-refractivity contribution in [2.75, 3.05) is 0 Å². The average Bonchev–Trinajstić information content (AvgIpc) is 2.62. The Kier molecular flexibility index (Phi) is 8.81. The molecule has 0 fully saturated rings. The van der Waals surface area contributed by atoms with Crippen LogP contribution >= 0.6 is 0 Å². The number of benzene rings is 1. The summed E-state index contributed by atoms with van der Waals surface area (Å²) in [6.45, 7) is 6.81.